The second kappa shape index (κ2) is 8.89. The van der Waals surface area contributed by atoms with Crippen LogP contribution in [0.5, 0.6) is 0 Å². The molecule has 0 spiro atoms. The summed E-state index contributed by atoms with van der Waals surface area (Å²) < 4.78 is 25.2. The van der Waals surface area contributed by atoms with Crippen LogP contribution < -0.4 is 10.7 Å². The molecule has 2 aromatic carbocycles. The van der Waals surface area contributed by atoms with Crippen molar-refractivity contribution in [2.24, 2.45) is 5.10 Å². The van der Waals surface area contributed by atoms with Gasteiger partial charge in [0, 0.05) is 42.3 Å². The molecule has 0 saturated heterocycles. The summed E-state index contributed by atoms with van der Waals surface area (Å²) in [6.45, 7) is -0.276. The molecule has 1 aromatic heterocycles. The Labute approximate surface area is 173 Å². The molecule has 9 nitrogen and oxygen atoms in total. The number of amides is 2. The minimum atomic E-state index is -3.57. The van der Waals surface area contributed by atoms with Crippen molar-refractivity contribution in [2.45, 2.75) is 4.90 Å². The fraction of sp³-hybridized carbons (Fsp3) is 0.150. The van der Waals surface area contributed by atoms with Crippen LogP contribution in [0.25, 0.3) is 10.9 Å². The molecule has 30 heavy (non-hydrogen) atoms. The first-order chi connectivity index (χ1) is 14.3. The Morgan fingerprint density at radius 2 is 1.80 bits per heavy atom. The standard InChI is InChI=1S/C20H21N5O4S/c1-25(2)30(28,29)16-9-7-14(8-10-16)20(27)22-13-19(26)24-23-12-15-11-21-18-6-4-3-5-17(15)18/h3-12,21H,13H2,1-2H3,(H,22,27)(H,24,26). The minimum absolute atomic E-state index is 0.0772. The number of H-pyrrole nitrogens is 1. The Morgan fingerprint density at radius 1 is 1.10 bits per heavy atom. The molecule has 0 fully saturated rings. The molecule has 0 saturated carbocycles. The maximum atomic E-state index is 12.2. The summed E-state index contributed by atoms with van der Waals surface area (Å²) in [5.41, 5.74) is 4.37. The average molecular weight is 427 g/mol. The fourth-order valence-corrected chi connectivity index (χ4v) is 3.57. The Bertz CT molecular complexity index is 1200. The van der Waals surface area contributed by atoms with Crippen LogP contribution in [0.15, 0.2) is 64.7 Å². The number of carbonyl (C=O) groups is 2. The summed E-state index contributed by atoms with van der Waals surface area (Å²) in [6.07, 6.45) is 3.30. The average Bonchev–Trinajstić information content (AvgIpc) is 3.15. The van der Waals surface area contributed by atoms with E-state index in [-0.39, 0.29) is 17.0 Å². The molecule has 1 heterocycles. The molecule has 3 rings (SSSR count). The van der Waals surface area contributed by atoms with Crippen LogP contribution in [0, 0.1) is 0 Å². The normalized spacial score (nSPS) is 11.8. The molecule has 0 radical (unpaired) electrons. The van der Waals surface area contributed by atoms with Gasteiger partial charge in [-0.1, -0.05) is 18.2 Å². The highest BCUT2D eigenvalue weighted by molar-refractivity contribution is 7.89. The van der Waals surface area contributed by atoms with Gasteiger partial charge in [0.2, 0.25) is 10.0 Å². The highest BCUT2D eigenvalue weighted by Gasteiger charge is 2.17. The van der Waals surface area contributed by atoms with E-state index in [1.54, 1.807) is 6.20 Å². The van der Waals surface area contributed by atoms with E-state index in [9.17, 15) is 18.0 Å². The number of benzene rings is 2. The van der Waals surface area contributed by atoms with Crippen molar-refractivity contribution in [2.75, 3.05) is 20.6 Å². The Morgan fingerprint density at radius 3 is 2.50 bits per heavy atom. The van der Waals surface area contributed by atoms with Gasteiger partial charge in [-0.15, -0.1) is 0 Å². The van der Waals surface area contributed by atoms with Gasteiger partial charge >= 0.3 is 0 Å². The van der Waals surface area contributed by atoms with Crippen LogP contribution in [-0.4, -0.2) is 56.4 Å². The van der Waals surface area contributed by atoms with Gasteiger partial charge in [-0.05, 0) is 30.3 Å². The van der Waals surface area contributed by atoms with Gasteiger partial charge in [0.1, 0.15) is 0 Å². The highest BCUT2D eigenvalue weighted by Crippen LogP contribution is 2.15. The van der Waals surface area contributed by atoms with Gasteiger partial charge in [-0.2, -0.15) is 5.10 Å². The summed E-state index contributed by atoms with van der Waals surface area (Å²) in [6, 6.07) is 13.2. The van der Waals surface area contributed by atoms with Crippen LogP contribution in [0.2, 0.25) is 0 Å². The number of aromatic amines is 1. The lowest BCUT2D eigenvalue weighted by atomic mass is 10.2. The number of aromatic nitrogens is 1. The molecule has 2 amide bonds. The van der Waals surface area contributed by atoms with Crippen LogP contribution in [0.3, 0.4) is 0 Å². The molecule has 0 aliphatic heterocycles. The molecular weight excluding hydrogens is 406 g/mol. The molecule has 3 N–H and O–H groups in total. The number of para-hydroxylation sites is 1. The maximum Gasteiger partial charge on any atom is 0.259 e. The van der Waals surface area contributed by atoms with E-state index in [0.717, 1.165) is 20.8 Å². The minimum Gasteiger partial charge on any atom is -0.361 e. The van der Waals surface area contributed by atoms with Crippen molar-refractivity contribution in [3.63, 3.8) is 0 Å². The first-order valence-corrected chi connectivity index (χ1v) is 10.4. The third-order valence-corrected chi connectivity index (χ3v) is 6.15. The van der Waals surface area contributed by atoms with Crippen molar-refractivity contribution in [3.8, 4) is 0 Å². The predicted molar refractivity (Wildman–Crippen MR) is 114 cm³/mol. The zero-order valence-corrected chi connectivity index (χ0v) is 17.2. The van der Waals surface area contributed by atoms with Crippen LogP contribution >= 0.6 is 0 Å². The fourth-order valence-electron chi connectivity index (χ4n) is 2.67. The van der Waals surface area contributed by atoms with E-state index in [0.29, 0.717) is 0 Å². The smallest absolute Gasteiger partial charge is 0.259 e. The van der Waals surface area contributed by atoms with Gasteiger partial charge in [-0.25, -0.2) is 18.1 Å². The highest BCUT2D eigenvalue weighted by atomic mass is 32.2. The molecule has 0 unspecified atom stereocenters. The van der Waals surface area contributed by atoms with Crippen molar-refractivity contribution in [3.05, 3.63) is 65.9 Å². The van der Waals surface area contributed by atoms with E-state index in [1.807, 2.05) is 24.3 Å². The second-order valence-corrected chi connectivity index (χ2v) is 8.73. The van der Waals surface area contributed by atoms with E-state index in [2.05, 4.69) is 20.8 Å². The van der Waals surface area contributed by atoms with E-state index in [1.165, 1.54) is 44.6 Å². The summed E-state index contributed by atoms with van der Waals surface area (Å²) in [4.78, 5) is 27.2. The largest absolute Gasteiger partial charge is 0.361 e. The first kappa shape index (κ1) is 21.2. The molecule has 0 bridgehead atoms. The summed E-state index contributed by atoms with van der Waals surface area (Å²) >= 11 is 0. The number of hydrogen-bond donors (Lipinski definition) is 3. The maximum absolute atomic E-state index is 12.2. The Balaban J connectivity index is 1.52. The molecule has 0 atom stereocenters. The van der Waals surface area contributed by atoms with Gasteiger partial charge < -0.3 is 10.3 Å². The number of hydrazone groups is 1. The number of nitrogens with one attached hydrogen (secondary N) is 3. The van der Waals surface area contributed by atoms with Crippen molar-refractivity contribution < 1.29 is 18.0 Å². The van der Waals surface area contributed by atoms with Gasteiger partial charge in [0.15, 0.2) is 0 Å². The number of fused-ring (bicyclic) bond motifs is 1. The molecule has 3 aromatic rings. The first-order valence-electron chi connectivity index (χ1n) is 8.98. The third-order valence-electron chi connectivity index (χ3n) is 4.32. The van der Waals surface area contributed by atoms with Crippen molar-refractivity contribution in [1.29, 1.82) is 0 Å². The predicted octanol–water partition coefficient (Wildman–Crippen LogP) is 1.30. The SMILES string of the molecule is CN(C)S(=O)(=O)c1ccc(C(=O)NCC(=O)NN=Cc2c[nH]c3ccccc23)cc1. The Kier molecular flexibility index (Phi) is 6.28. The number of carbonyl (C=O) groups excluding carboxylic acids is 2. The molecule has 0 aliphatic rings. The molecule has 10 heteroatoms. The number of sulfonamides is 1. The number of hydrogen-bond acceptors (Lipinski definition) is 5. The topological polar surface area (TPSA) is 124 Å². The van der Waals surface area contributed by atoms with E-state index in [4.69, 9.17) is 0 Å². The van der Waals surface area contributed by atoms with Gasteiger partial charge in [0.25, 0.3) is 11.8 Å². The molecule has 0 aliphatic carbocycles. The van der Waals surface area contributed by atoms with E-state index >= 15 is 0 Å². The lowest BCUT2D eigenvalue weighted by molar-refractivity contribution is -0.120. The quantitative estimate of drug-likeness (QED) is 0.388. The molecular formula is C20H21N5O4S. The summed E-state index contributed by atoms with van der Waals surface area (Å²) in [5, 5.41) is 7.34. The summed E-state index contributed by atoms with van der Waals surface area (Å²) in [5.74, 6) is -0.995. The van der Waals surface area contributed by atoms with E-state index < -0.39 is 21.8 Å². The Hall–Kier alpha value is -3.50. The molecule has 156 valence electrons. The van der Waals surface area contributed by atoms with Crippen LogP contribution in [-0.2, 0) is 14.8 Å². The van der Waals surface area contributed by atoms with Gasteiger partial charge in [-0.3, -0.25) is 9.59 Å². The lowest BCUT2D eigenvalue weighted by Gasteiger charge is -2.11. The zero-order valence-electron chi connectivity index (χ0n) is 16.4. The number of rotatable bonds is 7. The monoisotopic (exact) mass is 427 g/mol. The van der Waals surface area contributed by atoms with Crippen molar-refractivity contribution >= 4 is 39.0 Å². The van der Waals surface area contributed by atoms with Crippen LogP contribution in [0.4, 0.5) is 0 Å². The van der Waals surface area contributed by atoms with Crippen molar-refractivity contribution in [1.82, 2.24) is 20.0 Å². The third kappa shape index (κ3) is 4.73. The zero-order chi connectivity index (χ0) is 21.7. The lowest BCUT2D eigenvalue weighted by Crippen LogP contribution is -2.34. The van der Waals surface area contributed by atoms with Gasteiger partial charge in [0.05, 0.1) is 17.7 Å². The van der Waals surface area contributed by atoms with Crippen LogP contribution in [0.1, 0.15) is 15.9 Å². The second-order valence-electron chi connectivity index (χ2n) is 6.58. The summed E-state index contributed by atoms with van der Waals surface area (Å²) in [7, 11) is -0.716. The number of nitrogens with zero attached hydrogens (tertiary/aromatic N) is 2.